The van der Waals surface area contributed by atoms with Gasteiger partial charge in [0, 0.05) is 12.4 Å². The predicted octanol–water partition coefficient (Wildman–Crippen LogP) is 2.95. The first-order valence-electron chi connectivity index (χ1n) is 8.89. The van der Waals surface area contributed by atoms with Crippen LogP contribution in [0.15, 0.2) is 59.4 Å². The molecule has 0 fully saturated rings. The molecule has 0 radical (unpaired) electrons. The molecule has 2 aromatic carbocycles. The maximum Gasteiger partial charge on any atom is 0.355 e. The molecule has 8 heteroatoms. The zero-order valence-corrected chi connectivity index (χ0v) is 16.4. The minimum atomic E-state index is -0.755. The Morgan fingerprint density at radius 1 is 1.14 bits per heavy atom. The highest BCUT2D eigenvalue weighted by atomic mass is 32.1. The predicted molar refractivity (Wildman–Crippen MR) is 111 cm³/mol. The second-order valence-corrected chi connectivity index (χ2v) is 7.62. The first-order valence-corrected chi connectivity index (χ1v) is 9.70. The fraction of sp³-hybridized carbons (Fsp3) is 0.143. The molecule has 0 bridgehead atoms. The average molecular weight is 407 g/mol. The third kappa shape index (κ3) is 4.02. The van der Waals surface area contributed by atoms with Gasteiger partial charge < -0.3 is 14.6 Å². The van der Waals surface area contributed by atoms with Crippen molar-refractivity contribution in [2.24, 2.45) is 0 Å². The zero-order chi connectivity index (χ0) is 20.4. The maximum atomic E-state index is 12.3. The summed E-state index contributed by atoms with van der Waals surface area (Å²) in [5.74, 6) is -1.12. The van der Waals surface area contributed by atoms with Crippen molar-refractivity contribution >= 4 is 44.2 Å². The van der Waals surface area contributed by atoms with E-state index in [9.17, 15) is 14.4 Å². The second kappa shape index (κ2) is 7.84. The van der Waals surface area contributed by atoms with E-state index < -0.39 is 12.6 Å². The van der Waals surface area contributed by atoms with E-state index >= 15 is 0 Å². The van der Waals surface area contributed by atoms with Crippen LogP contribution >= 0.6 is 11.3 Å². The Hall–Kier alpha value is -3.52. The molecule has 0 aliphatic rings. The van der Waals surface area contributed by atoms with Gasteiger partial charge in [-0.2, -0.15) is 0 Å². The fourth-order valence-corrected chi connectivity index (χ4v) is 3.94. The number of nitrogens with zero attached hydrogens (tertiary/aromatic N) is 2. The normalized spacial score (nSPS) is 10.9. The zero-order valence-electron chi connectivity index (χ0n) is 15.5. The molecule has 0 saturated heterocycles. The van der Waals surface area contributed by atoms with Crippen molar-refractivity contribution in [1.82, 2.24) is 14.9 Å². The van der Waals surface area contributed by atoms with Crippen LogP contribution in [0.5, 0.6) is 0 Å². The summed E-state index contributed by atoms with van der Waals surface area (Å²) in [6.07, 6.45) is 0. The number of carbonyl (C=O) groups excluding carboxylic acids is 2. The lowest BCUT2D eigenvalue weighted by Crippen LogP contribution is -2.31. The lowest BCUT2D eigenvalue weighted by Gasteiger charge is -2.15. The third-order valence-corrected chi connectivity index (χ3v) is 5.46. The quantitative estimate of drug-likeness (QED) is 0.514. The van der Waals surface area contributed by atoms with E-state index in [-0.39, 0.29) is 17.2 Å². The molecule has 0 unspecified atom stereocenters. The van der Waals surface area contributed by atoms with Crippen molar-refractivity contribution in [3.05, 3.63) is 75.7 Å². The Kier molecular flexibility index (Phi) is 5.09. The van der Waals surface area contributed by atoms with Crippen molar-refractivity contribution in [2.75, 3.05) is 13.7 Å². The maximum absolute atomic E-state index is 12.3. The standard InChI is InChI=1S/C21H17N3O4S/c1-24(11-18-22-15-8-4-5-9-17(15)29-18)19(25)12-28-21(27)16-10-13-6-2-3-7-14(13)20(26)23-16/h2-10H,11-12H2,1H3,(H,23,26). The van der Waals surface area contributed by atoms with Gasteiger partial charge in [0.1, 0.15) is 10.7 Å². The molecule has 0 aliphatic heterocycles. The van der Waals surface area contributed by atoms with Crippen LogP contribution in [0.1, 0.15) is 15.5 Å². The Labute approximate surface area is 169 Å². The molecular formula is C21H17N3O4S. The molecular weight excluding hydrogens is 390 g/mol. The van der Waals surface area contributed by atoms with E-state index in [0.717, 1.165) is 15.2 Å². The molecule has 2 aromatic heterocycles. The van der Waals surface area contributed by atoms with Crippen LogP contribution < -0.4 is 5.56 Å². The molecule has 146 valence electrons. The summed E-state index contributed by atoms with van der Waals surface area (Å²) in [4.78, 5) is 45.1. The van der Waals surface area contributed by atoms with Gasteiger partial charge in [-0.25, -0.2) is 9.78 Å². The van der Waals surface area contributed by atoms with Crippen LogP contribution in [-0.2, 0) is 16.1 Å². The molecule has 7 nitrogen and oxygen atoms in total. The minimum Gasteiger partial charge on any atom is -0.451 e. The second-order valence-electron chi connectivity index (χ2n) is 6.50. The summed E-state index contributed by atoms with van der Waals surface area (Å²) in [5.41, 5.74) is 0.518. The highest BCUT2D eigenvalue weighted by Crippen LogP contribution is 2.22. The molecule has 4 aromatic rings. The van der Waals surface area contributed by atoms with E-state index in [4.69, 9.17) is 4.74 Å². The highest BCUT2D eigenvalue weighted by Gasteiger charge is 2.16. The highest BCUT2D eigenvalue weighted by molar-refractivity contribution is 7.18. The van der Waals surface area contributed by atoms with Crippen molar-refractivity contribution in [2.45, 2.75) is 6.54 Å². The van der Waals surface area contributed by atoms with E-state index in [1.54, 1.807) is 31.3 Å². The van der Waals surface area contributed by atoms with Crippen LogP contribution in [0, 0.1) is 0 Å². The number of hydrogen-bond acceptors (Lipinski definition) is 6. The van der Waals surface area contributed by atoms with E-state index in [2.05, 4.69) is 9.97 Å². The minimum absolute atomic E-state index is 0.00956. The first kappa shape index (κ1) is 18.8. The number of thiazole rings is 1. The molecule has 0 saturated carbocycles. The Morgan fingerprint density at radius 3 is 2.72 bits per heavy atom. The largest absolute Gasteiger partial charge is 0.451 e. The van der Waals surface area contributed by atoms with E-state index in [1.165, 1.54) is 22.3 Å². The first-order chi connectivity index (χ1) is 14.0. The summed E-state index contributed by atoms with van der Waals surface area (Å²) in [6, 6.07) is 16.2. The van der Waals surface area contributed by atoms with Crippen LogP contribution in [-0.4, -0.2) is 40.4 Å². The number of pyridine rings is 1. The van der Waals surface area contributed by atoms with Crippen molar-refractivity contribution in [3.63, 3.8) is 0 Å². The smallest absolute Gasteiger partial charge is 0.355 e. The molecule has 29 heavy (non-hydrogen) atoms. The van der Waals surface area contributed by atoms with Gasteiger partial charge in [0.05, 0.1) is 16.8 Å². The van der Waals surface area contributed by atoms with Crippen molar-refractivity contribution < 1.29 is 14.3 Å². The molecule has 4 rings (SSSR count). The number of esters is 1. The van der Waals surface area contributed by atoms with Crippen molar-refractivity contribution in [3.8, 4) is 0 Å². The number of benzene rings is 2. The Morgan fingerprint density at radius 2 is 1.90 bits per heavy atom. The topological polar surface area (TPSA) is 92.4 Å². The third-order valence-electron chi connectivity index (χ3n) is 4.44. The summed E-state index contributed by atoms with van der Waals surface area (Å²) in [5, 5.41) is 1.91. The summed E-state index contributed by atoms with van der Waals surface area (Å²) < 4.78 is 6.15. The molecule has 0 atom stereocenters. The van der Waals surface area contributed by atoms with Gasteiger partial charge in [0.2, 0.25) is 0 Å². The number of fused-ring (bicyclic) bond motifs is 2. The summed E-state index contributed by atoms with van der Waals surface area (Å²) >= 11 is 1.51. The lowest BCUT2D eigenvalue weighted by atomic mass is 10.1. The van der Waals surface area contributed by atoms with E-state index in [0.29, 0.717) is 17.3 Å². The van der Waals surface area contributed by atoms with Gasteiger partial charge in [-0.3, -0.25) is 9.59 Å². The molecule has 2 heterocycles. The molecule has 1 amide bonds. The Balaban J connectivity index is 1.39. The van der Waals surface area contributed by atoms with Gasteiger partial charge in [-0.1, -0.05) is 30.3 Å². The number of carbonyl (C=O) groups is 2. The number of nitrogens with one attached hydrogen (secondary N) is 1. The Bertz CT molecular complexity index is 1240. The van der Waals surface area contributed by atoms with Gasteiger partial charge in [-0.05, 0) is 29.7 Å². The fourth-order valence-electron chi connectivity index (χ4n) is 2.91. The van der Waals surface area contributed by atoms with Gasteiger partial charge in [-0.15, -0.1) is 11.3 Å². The number of aromatic nitrogens is 2. The van der Waals surface area contributed by atoms with Crippen LogP contribution in [0.2, 0.25) is 0 Å². The molecule has 1 N–H and O–H groups in total. The number of likely N-dealkylation sites (N-methyl/N-ethyl adjacent to an activating group) is 1. The lowest BCUT2D eigenvalue weighted by molar-refractivity contribution is -0.133. The number of aromatic amines is 1. The van der Waals surface area contributed by atoms with Gasteiger partial charge in [0.25, 0.3) is 11.5 Å². The van der Waals surface area contributed by atoms with Crippen LogP contribution in [0.25, 0.3) is 21.0 Å². The average Bonchev–Trinajstić information content (AvgIpc) is 3.13. The monoisotopic (exact) mass is 407 g/mol. The molecule has 0 spiro atoms. The number of hydrogen-bond donors (Lipinski definition) is 1. The number of rotatable bonds is 5. The number of H-pyrrole nitrogens is 1. The summed E-state index contributed by atoms with van der Waals surface area (Å²) in [7, 11) is 1.63. The summed E-state index contributed by atoms with van der Waals surface area (Å²) in [6.45, 7) is -0.0996. The van der Waals surface area contributed by atoms with E-state index in [1.807, 2.05) is 24.3 Å². The molecule has 0 aliphatic carbocycles. The van der Waals surface area contributed by atoms with Gasteiger partial charge in [0.15, 0.2) is 6.61 Å². The van der Waals surface area contributed by atoms with Gasteiger partial charge >= 0.3 is 5.97 Å². The van der Waals surface area contributed by atoms with Crippen LogP contribution in [0.3, 0.4) is 0 Å². The van der Waals surface area contributed by atoms with Crippen molar-refractivity contribution in [1.29, 1.82) is 0 Å². The SMILES string of the molecule is CN(Cc1nc2ccccc2s1)C(=O)COC(=O)c1cc2ccccc2c(=O)[nH]1. The number of amides is 1. The van der Waals surface area contributed by atoms with Crippen LogP contribution in [0.4, 0.5) is 0 Å². The number of ether oxygens (including phenoxy) is 1. The number of para-hydroxylation sites is 1.